The minimum Gasteiger partial charge on any atom is -0.366 e. The summed E-state index contributed by atoms with van der Waals surface area (Å²) in [7, 11) is 0. The third kappa shape index (κ3) is 2.69. The lowest BCUT2D eigenvalue weighted by Crippen LogP contribution is -2.54. The van der Waals surface area contributed by atoms with Crippen molar-refractivity contribution in [2.45, 2.75) is 25.9 Å². The average Bonchev–Trinajstić information content (AvgIpc) is 3.45. The van der Waals surface area contributed by atoms with Crippen molar-refractivity contribution in [3.8, 4) is 11.1 Å². The molecule has 4 rings (SSSR count). The third-order valence-corrected chi connectivity index (χ3v) is 4.77. The molecule has 122 valence electrons. The molecule has 0 spiro atoms. The molecule has 0 radical (unpaired) electrons. The topological polar surface area (TPSA) is 58.4 Å². The van der Waals surface area contributed by atoms with Crippen molar-refractivity contribution < 1.29 is 4.79 Å². The number of hydrazine groups is 1. The van der Waals surface area contributed by atoms with Gasteiger partial charge in [-0.2, -0.15) is 0 Å². The number of rotatable bonds is 3. The van der Waals surface area contributed by atoms with Crippen LogP contribution in [-0.4, -0.2) is 17.1 Å². The van der Waals surface area contributed by atoms with Gasteiger partial charge in [0, 0.05) is 12.1 Å². The molecule has 1 aliphatic carbocycles. The van der Waals surface area contributed by atoms with Gasteiger partial charge in [-0.3, -0.25) is 9.80 Å². The zero-order valence-corrected chi connectivity index (χ0v) is 13.7. The SMILES string of the molecule is Cc1ccccc1-c1ccc2c(c1)=CNC(N(N)C(=O)C1CC1)C=2. The number of carbonyl (C=O) groups is 1. The van der Waals surface area contributed by atoms with Crippen LogP contribution in [0.15, 0.2) is 42.5 Å². The first-order valence-electron chi connectivity index (χ1n) is 8.35. The van der Waals surface area contributed by atoms with E-state index < -0.39 is 0 Å². The summed E-state index contributed by atoms with van der Waals surface area (Å²) in [5.41, 5.74) is 3.68. The van der Waals surface area contributed by atoms with Crippen LogP contribution in [0.2, 0.25) is 0 Å². The third-order valence-electron chi connectivity index (χ3n) is 4.77. The second-order valence-electron chi connectivity index (χ2n) is 6.60. The Morgan fingerprint density at radius 3 is 2.71 bits per heavy atom. The van der Waals surface area contributed by atoms with Gasteiger partial charge in [-0.1, -0.05) is 36.4 Å². The summed E-state index contributed by atoms with van der Waals surface area (Å²) in [6, 6.07) is 14.7. The second-order valence-corrected chi connectivity index (χ2v) is 6.60. The van der Waals surface area contributed by atoms with Crippen molar-refractivity contribution >= 4 is 18.2 Å². The molecule has 24 heavy (non-hydrogen) atoms. The molecule has 1 atom stereocenters. The molecule has 1 heterocycles. The van der Waals surface area contributed by atoms with Crippen molar-refractivity contribution in [2.24, 2.45) is 11.8 Å². The Kier molecular flexibility index (Phi) is 3.62. The fraction of sp³-hybridized carbons (Fsp3) is 0.250. The summed E-state index contributed by atoms with van der Waals surface area (Å²) >= 11 is 0. The predicted octanol–water partition coefficient (Wildman–Crippen LogP) is 1.22. The lowest BCUT2D eigenvalue weighted by atomic mass is 9.99. The number of nitrogens with two attached hydrogens (primary N) is 1. The Morgan fingerprint density at radius 2 is 1.96 bits per heavy atom. The van der Waals surface area contributed by atoms with Crippen LogP contribution in [0.1, 0.15) is 18.4 Å². The highest BCUT2D eigenvalue weighted by atomic mass is 16.2. The molecule has 0 bridgehead atoms. The van der Waals surface area contributed by atoms with Crippen LogP contribution in [0, 0.1) is 12.8 Å². The van der Waals surface area contributed by atoms with Gasteiger partial charge in [0.05, 0.1) is 0 Å². The number of nitrogens with one attached hydrogen (secondary N) is 1. The predicted molar refractivity (Wildman–Crippen MR) is 95.5 cm³/mol. The molecule has 2 aromatic rings. The first-order valence-corrected chi connectivity index (χ1v) is 8.35. The molecule has 1 fully saturated rings. The Hall–Kier alpha value is -2.59. The number of aryl methyl sites for hydroxylation is 1. The van der Waals surface area contributed by atoms with Crippen LogP contribution in [-0.2, 0) is 4.79 Å². The first kappa shape index (κ1) is 15.0. The fourth-order valence-corrected chi connectivity index (χ4v) is 3.15. The minimum atomic E-state index is -0.282. The molecule has 4 nitrogen and oxygen atoms in total. The van der Waals surface area contributed by atoms with E-state index in [4.69, 9.17) is 5.84 Å². The van der Waals surface area contributed by atoms with E-state index in [1.54, 1.807) is 0 Å². The average molecular weight is 319 g/mol. The maximum atomic E-state index is 12.1. The molecule has 0 aromatic heterocycles. The zero-order valence-electron chi connectivity index (χ0n) is 13.7. The fourth-order valence-electron chi connectivity index (χ4n) is 3.15. The van der Waals surface area contributed by atoms with Crippen molar-refractivity contribution in [1.29, 1.82) is 0 Å². The van der Waals surface area contributed by atoms with E-state index in [0.717, 1.165) is 23.3 Å². The summed E-state index contributed by atoms with van der Waals surface area (Å²) < 4.78 is 0. The summed E-state index contributed by atoms with van der Waals surface area (Å²) in [6.45, 7) is 2.12. The molecule has 4 heteroatoms. The van der Waals surface area contributed by atoms with E-state index >= 15 is 0 Å². The highest BCUT2D eigenvalue weighted by Gasteiger charge is 2.34. The lowest BCUT2D eigenvalue weighted by molar-refractivity contribution is -0.134. The summed E-state index contributed by atoms with van der Waals surface area (Å²) in [4.78, 5) is 12.1. The van der Waals surface area contributed by atoms with Gasteiger partial charge in [-0.15, -0.1) is 0 Å². The first-order chi connectivity index (χ1) is 11.6. The number of hydrogen-bond donors (Lipinski definition) is 2. The Bertz CT molecular complexity index is 915. The lowest BCUT2D eigenvalue weighted by Gasteiger charge is -2.27. The van der Waals surface area contributed by atoms with E-state index in [1.165, 1.54) is 21.7 Å². The molecule has 2 aliphatic rings. The van der Waals surface area contributed by atoms with Gasteiger partial charge in [0.1, 0.15) is 6.17 Å². The van der Waals surface area contributed by atoms with Crippen molar-refractivity contribution in [2.75, 3.05) is 0 Å². The van der Waals surface area contributed by atoms with Gasteiger partial charge in [-0.05, 0) is 59.0 Å². The van der Waals surface area contributed by atoms with Crippen molar-refractivity contribution in [3.63, 3.8) is 0 Å². The molecule has 2 aromatic carbocycles. The molecule has 3 N–H and O–H groups in total. The maximum Gasteiger partial charge on any atom is 0.241 e. The highest BCUT2D eigenvalue weighted by Crippen LogP contribution is 2.30. The van der Waals surface area contributed by atoms with Crippen LogP contribution in [0.4, 0.5) is 0 Å². The Morgan fingerprint density at radius 1 is 1.17 bits per heavy atom. The van der Waals surface area contributed by atoms with E-state index in [1.807, 2.05) is 12.3 Å². The Balaban J connectivity index is 1.66. The number of carbonyl (C=O) groups excluding carboxylic acids is 1. The van der Waals surface area contributed by atoms with Crippen LogP contribution < -0.4 is 21.6 Å². The minimum absolute atomic E-state index is 0.0251. The normalized spacial score (nSPS) is 18.7. The Labute approximate surface area is 141 Å². The molecule has 1 saturated carbocycles. The van der Waals surface area contributed by atoms with Gasteiger partial charge < -0.3 is 5.32 Å². The van der Waals surface area contributed by atoms with Gasteiger partial charge in [0.25, 0.3) is 0 Å². The quantitative estimate of drug-likeness (QED) is 0.508. The van der Waals surface area contributed by atoms with Crippen LogP contribution in [0.25, 0.3) is 23.4 Å². The van der Waals surface area contributed by atoms with Gasteiger partial charge in [-0.25, -0.2) is 5.84 Å². The van der Waals surface area contributed by atoms with Crippen molar-refractivity contribution in [3.05, 3.63) is 58.5 Å². The van der Waals surface area contributed by atoms with Gasteiger partial charge in [0.2, 0.25) is 5.91 Å². The second kappa shape index (κ2) is 5.80. The summed E-state index contributed by atoms with van der Waals surface area (Å²) in [5.74, 6) is 6.15. The molecule has 0 saturated heterocycles. The highest BCUT2D eigenvalue weighted by molar-refractivity contribution is 5.81. The molecule has 1 amide bonds. The van der Waals surface area contributed by atoms with Crippen LogP contribution in [0.5, 0.6) is 0 Å². The number of benzene rings is 2. The molecular weight excluding hydrogens is 298 g/mol. The summed E-state index contributed by atoms with van der Waals surface area (Å²) in [6.07, 6.45) is 5.59. The van der Waals surface area contributed by atoms with E-state index in [0.29, 0.717) is 0 Å². The molecular formula is C20H21N3O. The van der Waals surface area contributed by atoms with E-state index in [-0.39, 0.29) is 18.0 Å². The van der Waals surface area contributed by atoms with Gasteiger partial charge in [0.15, 0.2) is 0 Å². The molecule has 1 aliphatic heterocycles. The molecule has 1 unspecified atom stereocenters. The number of nitrogens with zero attached hydrogens (tertiary/aromatic N) is 1. The van der Waals surface area contributed by atoms with E-state index in [2.05, 4.69) is 54.7 Å². The monoisotopic (exact) mass is 319 g/mol. The number of fused-ring (bicyclic) bond motifs is 1. The van der Waals surface area contributed by atoms with Crippen LogP contribution >= 0.6 is 0 Å². The maximum absolute atomic E-state index is 12.1. The van der Waals surface area contributed by atoms with E-state index in [9.17, 15) is 4.79 Å². The summed E-state index contributed by atoms with van der Waals surface area (Å²) in [5, 5.41) is 6.76. The number of hydrogen-bond acceptors (Lipinski definition) is 3. The standard InChI is InChI=1S/C20H21N3O/c1-13-4-2-3-5-18(13)16-9-8-15-11-19(22-12-17(15)10-16)23(21)20(24)14-6-7-14/h2-5,8-12,14,19,22H,6-7,21H2,1H3. The van der Waals surface area contributed by atoms with Crippen LogP contribution in [0.3, 0.4) is 0 Å². The largest absolute Gasteiger partial charge is 0.366 e. The van der Waals surface area contributed by atoms with Crippen molar-refractivity contribution in [1.82, 2.24) is 10.3 Å². The zero-order chi connectivity index (χ0) is 16.7. The number of amides is 1. The van der Waals surface area contributed by atoms with Gasteiger partial charge >= 0.3 is 0 Å². The smallest absolute Gasteiger partial charge is 0.241 e.